The third-order valence-electron chi connectivity index (χ3n) is 3.12. The Hall–Kier alpha value is -1.24. The van der Waals surface area contributed by atoms with Crippen LogP contribution >= 0.6 is 15.9 Å². The fourth-order valence-corrected chi connectivity index (χ4v) is 2.81. The highest BCUT2D eigenvalue weighted by atomic mass is 79.9. The molecule has 0 amide bonds. The molecule has 1 N–H and O–H groups in total. The van der Waals surface area contributed by atoms with Crippen molar-refractivity contribution in [1.29, 1.82) is 0 Å². The summed E-state index contributed by atoms with van der Waals surface area (Å²) in [6.45, 7) is 5.59. The van der Waals surface area contributed by atoms with E-state index in [-0.39, 0.29) is 6.04 Å². The Labute approximate surface area is 133 Å². The summed E-state index contributed by atoms with van der Waals surface area (Å²) in [4.78, 5) is 4.47. The van der Waals surface area contributed by atoms with E-state index in [1.807, 2.05) is 25.1 Å². The fourth-order valence-electron chi connectivity index (χ4n) is 2.14. The van der Waals surface area contributed by atoms with Gasteiger partial charge in [0, 0.05) is 29.6 Å². The van der Waals surface area contributed by atoms with Crippen LogP contribution in [-0.2, 0) is 11.2 Å². The second-order valence-corrected chi connectivity index (χ2v) is 5.76. The Balaban J connectivity index is 2.13. The van der Waals surface area contributed by atoms with Crippen LogP contribution in [-0.4, -0.2) is 36.4 Å². The van der Waals surface area contributed by atoms with Gasteiger partial charge in [-0.25, -0.2) is 0 Å². The molecule has 0 aliphatic rings. The largest absolute Gasteiger partial charge is 0.383 e. The Morgan fingerprint density at radius 2 is 2.24 bits per heavy atom. The number of nitrogens with one attached hydrogen (secondary N) is 1. The highest BCUT2D eigenvalue weighted by Crippen LogP contribution is 2.27. The molecule has 1 aromatic carbocycles. The lowest BCUT2D eigenvalue weighted by molar-refractivity contribution is 0.162. The van der Waals surface area contributed by atoms with Gasteiger partial charge >= 0.3 is 0 Å². The first-order valence-electron chi connectivity index (χ1n) is 6.95. The molecule has 1 aromatic heterocycles. The van der Waals surface area contributed by atoms with Crippen molar-refractivity contribution >= 4 is 15.9 Å². The zero-order valence-corrected chi connectivity index (χ0v) is 14.1. The third kappa shape index (κ3) is 4.36. The van der Waals surface area contributed by atoms with Crippen molar-refractivity contribution in [3.63, 3.8) is 0 Å². The number of hydrogen-bond donors (Lipinski definition) is 1. The van der Waals surface area contributed by atoms with Gasteiger partial charge in [0.2, 0.25) is 11.7 Å². The van der Waals surface area contributed by atoms with Crippen molar-refractivity contribution in [1.82, 2.24) is 15.5 Å². The van der Waals surface area contributed by atoms with Gasteiger partial charge in [-0.05, 0) is 31.2 Å². The van der Waals surface area contributed by atoms with Crippen LogP contribution in [0.25, 0.3) is 11.4 Å². The SMILES string of the molecule is CCNC(COC)Cc1nc(-c2ccc(C)cc2Br)no1. The second-order valence-electron chi connectivity index (χ2n) is 4.91. The molecule has 5 nitrogen and oxygen atoms in total. The van der Waals surface area contributed by atoms with E-state index >= 15 is 0 Å². The van der Waals surface area contributed by atoms with Gasteiger partial charge < -0.3 is 14.6 Å². The van der Waals surface area contributed by atoms with Gasteiger partial charge in [0.25, 0.3) is 0 Å². The van der Waals surface area contributed by atoms with E-state index in [0.717, 1.165) is 16.6 Å². The third-order valence-corrected chi connectivity index (χ3v) is 3.77. The molecule has 0 aliphatic heterocycles. The van der Waals surface area contributed by atoms with Crippen LogP contribution < -0.4 is 5.32 Å². The van der Waals surface area contributed by atoms with Crippen molar-refractivity contribution in [2.75, 3.05) is 20.3 Å². The first kappa shape index (κ1) is 16.1. The lowest BCUT2D eigenvalue weighted by Crippen LogP contribution is -2.35. The van der Waals surface area contributed by atoms with Gasteiger partial charge in [-0.2, -0.15) is 4.98 Å². The van der Waals surface area contributed by atoms with Gasteiger partial charge in [0.15, 0.2) is 0 Å². The standard InChI is InChI=1S/C15H20BrN3O2/c1-4-17-11(9-20-3)8-14-18-15(19-21-14)12-6-5-10(2)7-13(12)16/h5-7,11,17H,4,8-9H2,1-3H3. The monoisotopic (exact) mass is 353 g/mol. The number of methoxy groups -OCH3 is 1. The summed E-state index contributed by atoms with van der Waals surface area (Å²) < 4.78 is 11.5. The molecule has 1 atom stereocenters. The molecule has 1 heterocycles. The van der Waals surface area contributed by atoms with E-state index < -0.39 is 0 Å². The molecule has 0 radical (unpaired) electrons. The summed E-state index contributed by atoms with van der Waals surface area (Å²) in [7, 11) is 1.69. The Morgan fingerprint density at radius 1 is 1.43 bits per heavy atom. The van der Waals surface area contributed by atoms with Crippen molar-refractivity contribution < 1.29 is 9.26 Å². The minimum absolute atomic E-state index is 0.176. The minimum atomic E-state index is 0.176. The first-order valence-corrected chi connectivity index (χ1v) is 7.74. The topological polar surface area (TPSA) is 60.2 Å². The minimum Gasteiger partial charge on any atom is -0.383 e. The maximum Gasteiger partial charge on any atom is 0.228 e. The van der Waals surface area contributed by atoms with E-state index in [0.29, 0.717) is 24.7 Å². The van der Waals surface area contributed by atoms with Gasteiger partial charge in [-0.15, -0.1) is 0 Å². The Morgan fingerprint density at radius 3 is 2.90 bits per heavy atom. The van der Waals surface area contributed by atoms with Crippen LogP contribution in [0.5, 0.6) is 0 Å². The highest BCUT2D eigenvalue weighted by molar-refractivity contribution is 9.10. The van der Waals surface area contributed by atoms with Crippen LogP contribution in [0.3, 0.4) is 0 Å². The van der Waals surface area contributed by atoms with Crippen LogP contribution in [0.4, 0.5) is 0 Å². The predicted molar refractivity (Wildman–Crippen MR) is 85.2 cm³/mol. The van der Waals surface area contributed by atoms with Crippen LogP contribution in [0.1, 0.15) is 18.4 Å². The number of hydrogen-bond acceptors (Lipinski definition) is 5. The normalized spacial score (nSPS) is 12.6. The molecule has 1 unspecified atom stereocenters. The lowest BCUT2D eigenvalue weighted by Gasteiger charge is -2.14. The van der Waals surface area contributed by atoms with Crippen molar-refractivity contribution in [2.45, 2.75) is 26.3 Å². The zero-order chi connectivity index (χ0) is 15.2. The van der Waals surface area contributed by atoms with Gasteiger partial charge in [0.05, 0.1) is 6.61 Å². The van der Waals surface area contributed by atoms with Crippen molar-refractivity contribution in [2.24, 2.45) is 0 Å². The predicted octanol–water partition coefficient (Wildman–Crippen LogP) is 2.97. The van der Waals surface area contributed by atoms with Crippen LogP contribution in [0.15, 0.2) is 27.2 Å². The summed E-state index contributed by atoms with van der Waals surface area (Å²) in [5, 5.41) is 7.40. The molecule has 6 heteroatoms. The molecule has 114 valence electrons. The number of ether oxygens (including phenoxy) is 1. The van der Waals surface area contributed by atoms with Crippen LogP contribution in [0, 0.1) is 6.92 Å². The number of rotatable bonds is 7. The van der Waals surface area contributed by atoms with Gasteiger partial charge in [0.1, 0.15) is 0 Å². The molecule has 2 rings (SSSR count). The molecule has 21 heavy (non-hydrogen) atoms. The number of likely N-dealkylation sites (N-methyl/N-ethyl adjacent to an activating group) is 1. The van der Waals surface area contributed by atoms with Gasteiger partial charge in [-0.1, -0.05) is 34.1 Å². The number of benzene rings is 1. The molecule has 0 bridgehead atoms. The molecular formula is C15H20BrN3O2. The average molecular weight is 354 g/mol. The summed E-state index contributed by atoms with van der Waals surface area (Å²) in [5.41, 5.74) is 2.11. The maximum atomic E-state index is 5.35. The molecule has 0 saturated heterocycles. The molecule has 2 aromatic rings. The van der Waals surface area contributed by atoms with E-state index in [4.69, 9.17) is 9.26 Å². The fraction of sp³-hybridized carbons (Fsp3) is 0.467. The van der Waals surface area contributed by atoms with Gasteiger partial charge in [-0.3, -0.25) is 0 Å². The first-order chi connectivity index (χ1) is 10.1. The number of halogens is 1. The summed E-state index contributed by atoms with van der Waals surface area (Å²) in [5.74, 6) is 1.21. The highest BCUT2D eigenvalue weighted by Gasteiger charge is 2.16. The number of nitrogens with zero attached hydrogens (tertiary/aromatic N) is 2. The van der Waals surface area contributed by atoms with Crippen LogP contribution in [0.2, 0.25) is 0 Å². The molecule has 0 fully saturated rings. The van der Waals surface area contributed by atoms with E-state index in [9.17, 15) is 0 Å². The summed E-state index contributed by atoms with van der Waals surface area (Å²) in [6.07, 6.45) is 0.651. The zero-order valence-electron chi connectivity index (χ0n) is 12.5. The molecule has 0 saturated carbocycles. The smallest absolute Gasteiger partial charge is 0.228 e. The van der Waals surface area contributed by atoms with E-state index in [1.165, 1.54) is 5.56 Å². The molecule has 0 spiro atoms. The summed E-state index contributed by atoms with van der Waals surface area (Å²) >= 11 is 3.54. The average Bonchev–Trinajstić information content (AvgIpc) is 2.87. The Bertz CT molecular complexity index is 580. The Kier molecular flexibility index (Phi) is 5.90. The molecule has 0 aliphatic carbocycles. The maximum absolute atomic E-state index is 5.35. The molecular weight excluding hydrogens is 334 g/mol. The van der Waals surface area contributed by atoms with Crippen molar-refractivity contribution in [3.8, 4) is 11.4 Å². The van der Waals surface area contributed by atoms with E-state index in [1.54, 1.807) is 7.11 Å². The van der Waals surface area contributed by atoms with E-state index in [2.05, 4.69) is 38.3 Å². The summed E-state index contributed by atoms with van der Waals surface area (Å²) in [6, 6.07) is 6.24. The number of aromatic nitrogens is 2. The number of aryl methyl sites for hydroxylation is 1. The lowest BCUT2D eigenvalue weighted by atomic mass is 10.1. The quantitative estimate of drug-likeness (QED) is 0.828. The second kappa shape index (κ2) is 7.68. The van der Waals surface area contributed by atoms with Crippen molar-refractivity contribution in [3.05, 3.63) is 34.1 Å².